The van der Waals surface area contributed by atoms with Gasteiger partial charge < -0.3 is 10.1 Å². The van der Waals surface area contributed by atoms with Gasteiger partial charge in [-0.3, -0.25) is 4.68 Å². The van der Waals surface area contributed by atoms with Crippen LogP contribution in [0.1, 0.15) is 25.3 Å². The van der Waals surface area contributed by atoms with Gasteiger partial charge in [0.1, 0.15) is 0 Å². The molecule has 9 nitrogen and oxygen atoms in total. The van der Waals surface area contributed by atoms with Crippen molar-refractivity contribution < 1.29 is 17.9 Å². The van der Waals surface area contributed by atoms with Gasteiger partial charge in [-0.2, -0.15) is 13.5 Å². The maximum atomic E-state index is 13.1. The van der Waals surface area contributed by atoms with Crippen molar-refractivity contribution in [3.63, 3.8) is 0 Å². The molecule has 30 heavy (non-hydrogen) atoms. The molecule has 1 saturated heterocycles. The van der Waals surface area contributed by atoms with Crippen molar-refractivity contribution in [1.29, 1.82) is 0 Å². The Kier molecular flexibility index (Phi) is 9.01. The number of carbonyl (C=O) groups is 1. The number of ether oxygens (including phenoxy) is 1. The molecule has 12 heteroatoms. The molecule has 2 amide bonds. The minimum Gasteiger partial charge on any atom is -0.381 e. The molecule has 1 aliphatic rings. The molecular weight excluding hydrogens is 441 g/mol. The molecule has 2 N–H and O–H groups in total. The van der Waals surface area contributed by atoms with Crippen LogP contribution in [0.15, 0.2) is 30.6 Å². The number of rotatable bonds is 6. The maximum Gasteiger partial charge on any atom is 0.334 e. The van der Waals surface area contributed by atoms with E-state index in [0.717, 1.165) is 12.0 Å². The maximum absolute atomic E-state index is 13.1. The molecule has 0 aliphatic carbocycles. The van der Waals surface area contributed by atoms with Crippen LogP contribution in [0.5, 0.6) is 0 Å². The van der Waals surface area contributed by atoms with Crippen LogP contribution in [-0.2, 0) is 28.4 Å². The molecule has 0 saturated carbocycles. The van der Waals surface area contributed by atoms with E-state index in [4.69, 9.17) is 16.3 Å². The number of carbonyl (C=O) groups excluding carboxylic acids is 1. The molecule has 0 unspecified atom stereocenters. The summed E-state index contributed by atoms with van der Waals surface area (Å²) in [6, 6.07) is 3.89. The van der Waals surface area contributed by atoms with Gasteiger partial charge in [-0.15, -0.1) is 0 Å². The minimum atomic E-state index is -4.18. The third-order valence-corrected chi connectivity index (χ3v) is 6.26. The minimum absolute atomic E-state index is 0. The number of anilines is 2. The van der Waals surface area contributed by atoms with E-state index in [-0.39, 0.29) is 35.6 Å². The van der Waals surface area contributed by atoms with Crippen LogP contribution in [0.3, 0.4) is 0 Å². The molecule has 1 aromatic carbocycles. The smallest absolute Gasteiger partial charge is 0.334 e. The summed E-state index contributed by atoms with van der Waals surface area (Å²) in [6.07, 6.45) is 4.82. The fourth-order valence-corrected chi connectivity index (χ4v) is 4.85. The zero-order chi connectivity index (χ0) is 21.0. The number of nitrogens with one attached hydrogen (secondary N) is 2. The van der Waals surface area contributed by atoms with E-state index < -0.39 is 16.2 Å². The van der Waals surface area contributed by atoms with E-state index in [9.17, 15) is 13.2 Å². The summed E-state index contributed by atoms with van der Waals surface area (Å²) in [5.41, 5.74) is 1.73. The van der Waals surface area contributed by atoms with Crippen molar-refractivity contribution in [2.24, 2.45) is 7.05 Å². The largest absolute Gasteiger partial charge is 0.381 e. The summed E-state index contributed by atoms with van der Waals surface area (Å²) in [4.78, 5) is 12.4. The zero-order valence-corrected chi connectivity index (χ0v) is 20.8. The summed E-state index contributed by atoms with van der Waals surface area (Å²) >= 11 is 6.06. The van der Waals surface area contributed by atoms with Crippen LogP contribution in [0.4, 0.5) is 16.2 Å². The number of benzene rings is 1. The summed E-state index contributed by atoms with van der Waals surface area (Å²) in [5.74, 6) is 0. The van der Waals surface area contributed by atoms with Crippen molar-refractivity contribution >= 4 is 68.8 Å². The Labute approximate surface area is 203 Å². The summed E-state index contributed by atoms with van der Waals surface area (Å²) in [6.45, 7) is 2.86. The summed E-state index contributed by atoms with van der Waals surface area (Å²) in [5, 5.41) is 7.06. The third-order valence-electron chi connectivity index (χ3n) is 4.57. The van der Waals surface area contributed by atoms with Crippen LogP contribution in [0, 0.1) is 0 Å². The predicted octanol–water partition coefficient (Wildman–Crippen LogP) is 2.31. The van der Waals surface area contributed by atoms with Gasteiger partial charge in [-0.1, -0.05) is 18.5 Å². The van der Waals surface area contributed by atoms with Crippen molar-refractivity contribution in [1.82, 2.24) is 14.5 Å². The van der Waals surface area contributed by atoms with Crippen LogP contribution in [0.25, 0.3) is 0 Å². The van der Waals surface area contributed by atoms with Crippen LogP contribution >= 0.6 is 11.6 Å². The average Bonchev–Trinajstić information content (AvgIpc) is 3.06. The van der Waals surface area contributed by atoms with Crippen molar-refractivity contribution in [2.45, 2.75) is 32.2 Å². The molecule has 0 atom stereocenters. The first-order valence-electron chi connectivity index (χ1n) is 9.27. The van der Waals surface area contributed by atoms with E-state index in [1.54, 1.807) is 31.4 Å². The van der Waals surface area contributed by atoms with Gasteiger partial charge in [0.25, 0.3) is 0 Å². The Balaban J connectivity index is 0.00000320. The van der Waals surface area contributed by atoms with E-state index in [1.807, 2.05) is 6.92 Å². The Morgan fingerprint density at radius 1 is 1.33 bits per heavy atom. The Hall–Kier alpha value is -1.30. The van der Waals surface area contributed by atoms with E-state index in [2.05, 4.69) is 15.1 Å². The number of urea groups is 1. The predicted molar refractivity (Wildman–Crippen MR) is 117 cm³/mol. The van der Waals surface area contributed by atoms with Gasteiger partial charge in [-0.25, -0.2) is 13.8 Å². The third kappa shape index (κ3) is 6.35. The number of hydrogen-bond acceptors (Lipinski definition) is 5. The van der Waals surface area contributed by atoms with Gasteiger partial charge >= 0.3 is 16.2 Å². The summed E-state index contributed by atoms with van der Waals surface area (Å²) < 4.78 is 36.3. The molecule has 1 fully saturated rings. The van der Waals surface area contributed by atoms with Crippen molar-refractivity contribution in [2.75, 3.05) is 22.8 Å². The molecule has 3 rings (SSSR count). The van der Waals surface area contributed by atoms with Gasteiger partial charge in [0.2, 0.25) is 0 Å². The number of hydrogen-bond donors (Lipinski definition) is 2. The van der Waals surface area contributed by atoms with Gasteiger partial charge in [0.15, 0.2) is 0 Å². The molecule has 1 aromatic heterocycles. The quantitative estimate of drug-likeness (QED) is 0.638. The van der Waals surface area contributed by atoms with E-state index >= 15 is 0 Å². The second-order valence-electron chi connectivity index (χ2n) is 6.77. The van der Waals surface area contributed by atoms with Gasteiger partial charge in [0, 0.05) is 66.7 Å². The second kappa shape index (κ2) is 10.8. The number of aryl methyl sites for hydroxylation is 2. The number of aromatic nitrogens is 2. The molecule has 0 bridgehead atoms. The Morgan fingerprint density at radius 2 is 2.03 bits per heavy atom. The molecule has 0 spiro atoms. The topological polar surface area (TPSA) is 106 Å². The first-order valence-corrected chi connectivity index (χ1v) is 11.1. The monoisotopic (exact) mass is 464 g/mol. The first kappa shape index (κ1) is 25.0. The van der Waals surface area contributed by atoms with Crippen molar-refractivity contribution in [3.8, 4) is 0 Å². The SMILES string of the molecule is CCc1cc(Cl)cc(NC(=O)NS(=O)(=O)N(c2cnn(C)c2)C2CCOCC2)c1.[Na]. The average molecular weight is 465 g/mol. The molecule has 1 aliphatic heterocycles. The van der Waals surface area contributed by atoms with Crippen LogP contribution < -0.4 is 14.3 Å². The van der Waals surface area contributed by atoms with Gasteiger partial charge in [-0.05, 0) is 43.0 Å². The standard InChI is InChI=1S/C18H24ClN5O4S.Na/c1-3-13-8-14(19)10-15(9-13)21-18(25)22-29(26,27)24(16-4-6-28-7-5-16)17-11-20-23(2)12-17;/h8-12,16H,3-7H2,1-2H3,(H2,21,22,25);. The van der Waals surface area contributed by atoms with E-state index in [0.29, 0.717) is 42.5 Å². The van der Waals surface area contributed by atoms with Crippen LogP contribution in [0.2, 0.25) is 5.02 Å². The van der Waals surface area contributed by atoms with Crippen molar-refractivity contribution in [3.05, 3.63) is 41.2 Å². The number of amides is 2. The molecule has 1 radical (unpaired) electrons. The molecule has 159 valence electrons. The molecule has 2 aromatic rings. The van der Waals surface area contributed by atoms with Crippen LogP contribution in [-0.4, -0.2) is 73.0 Å². The second-order valence-corrected chi connectivity index (χ2v) is 8.76. The number of halogens is 1. The first-order chi connectivity index (χ1) is 13.8. The van der Waals surface area contributed by atoms with E-state index in [1.165, 1.54) is 15.2 Å². The zero-order valence-electron chi connectivity index (χ0n) is 17.3. The molecular formula is C18H24ClN5NaO4S. The van der Waals surface area contributed by atoms with Gasteiger partial charge in [0.05, 0.1) is 17.9 Å². The summed E-state index contributed by atoms with van der Waals surface area (Å²) in [7, 11) is -2.48. The Morgan fingerprint density at radius 3 is 2.63 bits per heavy atom. The Bertz CT molecular complexity index is 979. The molecule has 2 heterocycles. The fourth-order valence-electron chi connectivity index (χ4n) is 3.24. The number of nitrogens with zero attached hydrogens (tertiary/aromatic N) is 3. The normalized spacial score (nSPS) is 14.6. The fraction of sp³-hybridized carbons (Fsp3) is 0.444.